The van der Waals surface area contributed by atoms with Gasteiger partial charge in [0.15, 0.2) is 0 Å². The van der Waals surface area contributed by atoms with E-state index < -0.39 is 11.5 Å². The molecule has 0 aromatic carbocycles. The minimum atomic E-state index is -0.680. The molecule has 0 aromatic rings. The van der Waals surface area contributed by atoms with E-state index in [1.165, 1.54) is 0 Å². The van der Waals surface area contributed by atoms with Crippen molar-refractivity contribution in [2.45, 2.75) is 32.2 Å². The molecule has 0 aromatic heterocycles. The molecule has 3 unspecified atom stereocenters. The van der Waals surface area contributed by atoms with E-state index in [4.69, 9.17) is 0 Å². The van der Waals surface area contributed by atoms with Gasteiger partial charge in [-0.3, -0.25) is 4.79 Å². The van der Waals surface area contributed by atoms with E-state index in [2.05, 4.69) is 29.0 Å². The molecule has 2 saturated heterocycles. The number of aliphatic carboxylic acids is 1. The van der Waals surface area contributed by atoms with Gasteiger partial charge in [0, 0.05) is 32.1 Å². The Balaban J connectivity index is 1.94. The number of nitrogens with one attached hydrogen (secondary N) is 1. The van der Waals surface area contributed by atoms with E-state index in [1.807, 2.05) is 0 Å². The van der Waals surface area contributed by atoms with Crippen LogP contribution in [-0.2, 0) is 4.79 Å². The fourth-order valence-electron chi connectivity index (χ4n) is 3.54. The van der Waals surface area contributed by atoms with Gasteiger partial charge in [-0.15, -0.1) is 0 Å². The van der Waals surface area contributed by atoms with Crippen LogP contribution >= 0.6 is 0 Å². The van der Waals surface area contributed by atoms with Crippen LogP contribution in [0.25, 0.3) is 0 Å². The summed E-state index contributed by atoms with van der Waals surface area (Å²) in [6, 6.07) is 0. The molecule has 2 bridgehead atoms. The first kappa shape index (κ1) is 14.8. The molecule has 110 valence electrons. The Labute approximate surface area is 115 Å². The van der Waals surface area contributed by atoms with Crippen molar-refractivity contribution < 1.29 is 9.90 Å². The highest BCUT2D eigenvalue weighted by Gasteiger charge is 2.51. The SMILES string of the molecule is CCN(CC)CCNC1(C(=O)O)CCN2CCC1C2. The largest absolute Gasteiger partial charge is 0.480 e. The van der Waals surface area contributed by atoms with Gasteiger partial charge < -0.3 is 20.2 Å². The molecule has 5 nitrogen and oxygen atoms in total. The smallest absolute Gasteiger partial charge is 0.324 e. The van der Waals surface area contributed by atoms with E-state index >= 15 is 0 Å². The van der Waals surface area contributed by atoms with Gasteiger partial charge >= 0.3 is 5.97 Å². The van der Waals surface area contributed by atoms with Crippen molar-refractivity contribution in [1.29, 1.82) is 0 Å². The first-order valence-corrected chi connectivity index (χ1v) is 7.55. The van der Waals surface area contributed by atoms with Crippen molar-refractivity contribution in [3.8, 4) is 0 Å². The van der Waals surface area contributed by atoms with E-state index in [0.717, 1.165) is 58.7 Å². The van der Waals surface area contributed by atoms with Crippen LogP contribution < -0.4 is 5.32 Å². The van der Waals surface area contributed by atoms with E-state index in [-0.39, 0.29) is 5.92 Å². The maximum Gasteiger partial charge on any atom is 0.324 e. The number of rotatable bonds is 7. The average Bonchev–Trinajstić information content (AvgIpc) is 2.81. The van der Waals surface area contributed by atoms with Gasteiger partial charge in [0.05, 0.1) is 0 Å². The van der Waals surface area contributed by atoms with E-state index in [0.29, 0.717) is 0 Å². The second-order valence-electron chi connectivity index (χ2n) is 5.77. The number of hydrogen-bond acceptors (Lipinski definition) is 4. The summed E-state index contributed by atoms with van der Waals surface area (Å²) >= 11 is 0. The second kappa shape index (κ2) is 6.20. The summed E-state index contributed by atoms with van der Waals surface area (Å²) in [7, 11) is 0. The first-order chi connectivity index (χ1) is 9.12. The lowest BCUT2D eigenvalue weighted by Crippen LogP contribution is -2.62. The first-order valence-electron chi connectivity index (χ1n) is 7.55. The minimum absolute atomic E-state index is 0.274. The van der Waals surface area contributed by atoms with Gasteiger partial charge in [0.1, 0.15) is 5.54 Å². The molecule has 0 aliphatic carbocycles. The molecule has 3 atom stereocenters. The van der Waals surface area contributed by atoms with Crippen LogP contribution in [0.1, 0.15) is 26.7 Å². The molecule has 19 heavy (non-hydrogen) atoms. The molecular weight excluding hydrogens is 242 g/mol. The molecule has 2 aliphatic rings. The molecule has 2 aliphatic heterocycles. The van der Waals surface area contributed by atoms with E-state index in [9.17, 15) is 9.90 Å². The van der Waals surface area contributed by atoms with Crippen LogP contribution in [0, 0.1) is 5.92 Å². The Morgan fingerprint density at radius 2 is 2.16 bits per heavy atom. The molecule has 2 rings (SSSR count). The minimum Gasteiger partial charge on any atom is -0.480 e. The molecule has 0 amide bonds. The second-order valence-corrected chi connectivity index (χ2v) is 5.77. The number of carboxylic acid groups (broad SMARTS) is 1. The molecule has 0 saturated carbocycles. The predicted molar refractivity (Wildman–Crippen MR) is 75.3 cm³/mol. The summed E-state index contributed by atoms with van der Waals surface area (Å²) in [5.74, 6) is -0.381. The van der Waals surface area contributed by atoms with Crippen LogP contribution in [0.4, 0.5) is 0 Å². The fraction of sp³-hybridized carbons (Fsp3) is 0.929. The van der Waals surface area contributed by atoms with Gasteiger partial charge in [-0.1, -0.05) is 13.8 Å². The molecular formula is C14H27N3O2. The van der Waals surface area contributed by atoms with Crippen molar-refractivity contribution in [3.63, 3.8) is 0 Å². The van der Waals surface area contributed by atoms with Crippen molar-refractivity contribution in [1.82, 2.24) is 15.1 Å². The lowest BCUT2D eigenvalue weighted by Gasteiger charge is -2.40. The standard InChI is InChI=1S/C14H27N3O2/c1-3-16(4-2)10-7-15-14(13(18)19)6-9-17-8-5-12(14)11-17/h12,15H,3-11H2,1-2H3,(H,18,19). The van der Waals surface area contributed by atoms with Gasteiger partial charge in [0.25, 0.3) is 0 Å². The summed E-state index contributed by atoms with van der Waals surface area (Å²) in [5.41, 5.74) is -0.680. The summed E-state index contributed by atoms with van der Waals surface area (Å²) < 4.78 is 0. The number of nitrogens with zero attached hydrogens (tertiary/aromatic N) is 2. The number of fused-ring (bicyclic) bond motifs is 2. The Bertz CT molecular complexity index is 320. The third kappa shape index (κ3) is 2.93. The summed E-state index contributed by atoms with van der Waals surface area (Å²) in [4.78, 5) is 16.5. The van der Waals surface area contributed by atoms with Crippen LogP contribution in [0.2, 0.25) is 0 Å². The average molecular weight is 269 g/mol. The van der Waals surface area contributed by atoms with Crippen molar-refractivity contribution in [3.05, 3.63) is 0 Å². The highest BCUT2D eigenvalue weighted by atomic mass is 16.4. The normalized spacial score (nSPS) is 33.8. The Hall–Kier alpha value is -0.650. The number of carboxylic acids is 1. The highest BCUT2D eigenvalue weighted by Crippen LogP contribution is 2.35. The summed E-state index contributed by atoms with van der Waals surface area (Å²) in [5, 5.41) is 13.1. The lowest BCUT2D eigenvalue weighted by atomic mass is 9.78. The molecule has 0 spiro atoms. The Morgan fingerprint density at radius 3 is 2.79 bits per heavy atom. The van der Waals surface area contributed by atoms with Gasteiger partial charge in [-0.05, 0) is 32.5 Å². The maximum absolute atomic E-state index is 11.8. The number of piperidine rings is 1. The predicted octanol–water partition coefficient (Wildman–Crippen LogP) is 0.467. The van der Waals surface area contributed by atoms with Gasteiger partial charge in [-0.25, -0.2) is 0 Å². The van der Waals surface area contributed by atoms with Crippen LogP contribution in [0.15, 0.2) is 0 Å². The molecule has 2 fully saturated rings. The Morgan fingerprint density at radius 1 is 1.42 bits per heavy atom. The van der Waals surface area contributed by atoms with Crippen molar-refractivity contribution >= 4 is 5.97 Å². The fourth-order valence-corrected chi connectivity index (χ4v) is 3.54. The number of hydrogen-bond donors (Lipinski definition) is 2. The zero-order chi connectivity index (χ0) is 13.9. The highest BCUT2D eigenvalue weighted by molar-refractivity contribution is 5.79. The van der Waals surface area contributed by atoms with Crippen molar-refractivity contribution in [2.75, 3.05) is 45.8 Å². The van der Waals surface area contributed by atoms with Crippen LogP contribution in [0.5, 0.6) is 0 Å². The lowest BCUT2D eigenvalue weighted by molar-refractivity contribution is -0.149. The number of likely N-dealkylation sites (N-methyl/N-ethyl adjacent to an activating group) is 1. The van der Waals surface area contributed by atoms with Crippen LogP contribution in [-0.4, -0.2) is 72.2 Å². The zero-order valence-electron chi connectivity index (χ0n) is 12.2. The quantitative estimate of drug-likeness (QED) is 0.703. The third-order valence-electron chi connectivity index (χ3n) is 4.94. The number of carbonyl (C=O) groups is 1. The zero-order valence-corrected chi connectivity index (χ0v) is 12.2. The van der Waals surface area contributed by atoms with Gasteiger partial charge in [-0.2, -0.15) is 0 Å². The molecule has 5 heteroatoms. The summed E-state index contributed by atoms with van der Waals surface area (Å²) in [6.07, 6.45) is 1.76. The maximum atomic E-state index is 11.8. The molecule has 2 N–H and O–H groups in total. The molecule has 0 radical (unpaired) electrons. The third-order valence-corrected chi connectivity index (χ3v) is 4.94. The van der Waals surface area contributed by atoms with Crippen LogP contribution in [0.3, 0.4) is 0 Å². The Kier molecular flexibility index (Phi) is 4.81. The van der Waals surface area contributed by atoms with Gasteiger partial charge in [0.2, 0.25) is 0 Å². The summed E-state index contributed by atoms with van der Waals surface area (Å²) in [6.45, 7) is 11.0. The monoisotopic (exact) mass is 269 g/mol. The van der Waals surface area contributed by atoms with E-state index in [1.54, 1.807) is 0 Å². The van der Waals surface area contributed by atoms with Crippen molar-refractivity contribution in [2.24, 2.45) is 5.92 Å². The molecule has 2 heterocycles. The topological polar surface area (TPSA) is 55.8 Å².